The topological polar surface area (TPSA) is 92.1 Å². The Labute approximate surface area is 192 Å². The molecular weight excluding hydrogens is 447 g/mol. The van der Waals surface area contributed by atoms with E-state index in [4.69, 9.17) is 11.6 Å². The summed E-state index contributed by atoms with van der Waals surface area (Å²) in [5.41, 5.74) is 3.82. The number of nitrogens with zero attached hydrogens (tertiary/aromatic N) is 3. The summed E-state index contributed by atoms with van der Waals surface area (Å²) in [6, 6.07) is 18.6. The smallest absolute Gasteiger partial charge is 0.273 e. The number of aromatic amines is 1. The van der Waals surface area contributed by atoms with Crippen LogP contribution in [0.5, 0.6) is 0 Å². The molecular formula is C24H16ClFN4O3. The Morgan fingerprint density at radius 2 is 1.70 bits per heavy atom. The van der Waals surface area contributed by atoms with Gasteiger partial charge < -0.3 is 4.90 Å². The molecule has 1 amide bonds. The van der Waals surface area contributed by atoms with Crippen LogP contribution in [0.3, 0.4) is 0 Å². The van der Waals surface area contributed by atoms with Gasteiger partial charge in [0.15, 0.2) is 0 Å². The molecule has 1 aromatic heterocycles. The first-order valence-corrected chi connectivity index (χ1v) is 10.4. The van der Waals surface area contributed by atoms with E-state index in [1.165, 1.54) is 24.3 Å². The summed E-state index contributed by atoms with van der Waals surface area (Å²) in [6.07, 6.45) is 0. The Morgan fingerprint density at radius 1 is 1.03 bits per heavy atom. The van der Waals surface area contributed by atoms with E-state index >= 15 is 0 Å². The van der Waals surface area contributed by atoms with Crippen LogP contribution in [0.2, 0.25) is 5.02 Å². The average molecular weight is 463 g/mol. The van der Waals surface area contributed by atoms with Gasteiger partial charge in [0.25, 0.3) is 11.6 Å². The van der Waals surface area contributed by atoms with Crippen molar-refractivity contribution in [1.29, 1.82) is 0 Å². The molecule has 1 aliphatic heterocycles. The van der Waals surface area contributed by atoms with Crippen LogP contribution < -0.4 is 0 Å². The van der Waals surface area contributed by atoms with E-state index in [9.17, 15) is 19.3 Å². The third-order valence-corrected chi connectivity index (χ3v) is 5.92. The first-order chi connectivity index (χ1) is 15.9. The van der Waals surface area contributed by atoms with Gasteiger partial charge in [-0.3, -0.25) is 20.0 Å². The van der Waals surface area contributed by atoms with Crippen LogP contribution in [0, 0.1) is 15.9 Å². The number of amides is 1. The monoisotopic (exact) mass is 462 g/mol. The van der Waals surface area contributed by atoms with Gasteiger partial charge >= 0.3 is 0 Å². The third kappa shape index (κ3) is 3.74. The third-order valence-electron chi connectivity index (χ3n) is 5.67. The zero-order valence-electron chi connectivity index (χ0n) is 17.0. The highest BCUT2D eigenvalue weighted by atomic mass is 35.5. The molecule has 0 bridgehead atoms. The molecule has 0 aliphatic carbocycles. The van der Waals surface area contributed by atoms with Crippen LogP contribution >= 0.6 is 11.6 Å². The van der Waals surface area contributed by atoms with Crippen molar-refractivity contribution in [2.45, 2.75) is 12.6 Å². The minimum absolute atomic E-state index is 0.0431. The number of benzene rings is 3. The Morgan fingerprint density at radius 3 is 2.33 bits per heavy atom. The maximum absolute atomic E-state index is 13.4. The lowest BCUT2D eigenvalue weighted by Crippen LogP contribution is -2.29. The molecule has 0 spiro atoms. The molecule has 1 atom stereocenters. The lowest BCUT2D eigenvalue weighted by Gasteiger charge is -2.26. The summed E-state index contributed by atoms with van der Waals surface area (Å²) in [4.78, 5) is 25.7. The molecule has 3 aromatic carbocycles. The normalized spacial score (nSPS) is 15.0. The predicted molar refractivity (Wildman–Crippen MR) is 120 cm³/mol. The van der Waals surface area contributed by atoms with Crippen molar-refractivity contribution in [2.24, 2.45) is 0 Å². The zero-order valence-corrected chi connectivity index (χ0v) is 17.8. The second-order valence-corrected chi connectivity index (χ2v) is 8.11. The van der Waals surface area contributed by atoms with Gasteiger partial charge in [-0.2, -0.15) is 5.10 Å². The highest BCUT2D eigenvalue weighted by Gasteiger charge is 2.42. The van der Waals surface area contributed by atoms with Crippen LogP contribution in [-0.4, -0.2) is 25.9 Å². The number of nitrogens with one attached hydrogen (secondary N) is 1. The molecule has 1 unspecified atom stereocenters. The summed E-state index contributed by atoms with van der Waals surface area (Å²) in [7, 11) is 0. The molecule has 0 saturated heterocycles. The zero-order chi connectivity index (χ0) is 23.1. The Balaban J connectivity index is 1.63. The number of hydrogen-bond acceptors (Lipinski definition) is 4. The highest BCUT2D eigenvalue weighted by Crippen LogP contribution is 2.43. The van der Waals surface area contributed by atoms with Crippen LogP contribution in [0.25, 0.3) is 11.3 Å². The molecule has 7 nitrogen and oxygen atoms in total. The van der Waals surface area contributed by atoms with E-state index in [-0.39, 0.29) is 24.0 Å². The molecule has 0 radical (unpaired) electrons. The van der Waals surface area contributed by atoms with Crippen LogP contribution in [0.1, 0.15) is 33.2 Å². The summed E-state index contributed by atoms with van der Waals surface area (Å²) in [6.45, 7) is 0.226. The first-order valence-electron chi connectivity index (χ1n) is 10.1. The number of fused-ring (bicyclic) bond motifs is 1. The number of nitro benzene ring substituents is 1. The number of carbonyl (C=O) groups is 1. The summed E-state index contributed by atoms with van der Waals surface area (Å²) < 4.78 is 13.4. The van der Waals surface area contributed by atoms with Crippen molar-refractivity contribution >= 4 is 23.2 Å². The first kappa shape index (κ1) is 20.8. The number of aromatic nitrogens is 2. The van der Waals surface area contributed by atoms with Crippen LogP contribution in [0.4, 0.5) is 10.1 Å². The van der Waals surface area contributed by atoms with Gasteiger partial charge in [-0.05, 0) is 47.5 Å². The van der Waals surface area contributed by atoms with Gasteiger partial charge in [-0.25, -0.2) is 4.39 Å². The van der Waals surface area contributed by atoms with Crippen LogP contribution in [0.15, 0.2) is 72.8 Å². The molecule has 33 heavy (non-hydrogen) atoms. The fourth-order valence-electron chi connectivity index (χ4n) is 4.10. The average Bonchev–Trinajstić information content (AvgIpc) is 3.35. The number of carbonyl (C=O) groups excluding carboxylic acids is 1. The van der Waals surface area contributed by atoms with E-state index < -0.39 is 11.0 Å². The van der Waals surface area contributed by atoms with Gasteiger partial charge in [0.2, 0.25) is 0 Å². The van der Waals surface area contributed by atoms with Gasteiger partial charge in [0.05, 0.1) is 16.7 Å². The molecule has 1 N–H and O–H groups in total. The lowest BCUT2D eigenvalue weighted by molar-refractivity contribution is -0.384. The fraction of sp³-hybridized carbons (Fsp3) is 0.0833. The SMILES string of the molecule is O=C1c2[nH]nc(-c3ccc(Cl)cc3)c2C(c2ccc([N+](=O)[O-])cc2)N1Cc1ccc(F)cc1. The Hall–Kier alpha value is -4.04. The molecule has 9 heteroatoms. The van der Waals surface area contributed by atoms with E-state index in [1.54, 1.807) is 41.3 Å². The quantitative estimate of drug-likeness (QED) is 0.312. The van der Waals surface area contributed by atoms with Crippen LogP contribution in [-0.2, 0) is 6.54 Å². The molecule has 0 fully saturated rings. The van der Waals surface area contributed by atoms with Gasteiger partial charge in [-0.15, -0.1) is 0 Å². The van der Waals surface area contributed by atoms with Crippen molar-refractivity contribution in [3.05, 3.63) is 116 Å². The number of halogens is 2. The predicted octanol–water partition coefficient (Wildman–Crippen LogP) is 5.52. The molecule has 1 aliphatic rings. The van der Waals surface area contributed by atoms with Crippen molar-refractivity contribution in [3.63, 3.8) is 0 Å². The summed E-state index contributed by atoms with van der Waals surface area (Å²) in [5.74, 6) is -0.622. The summed E-state index contributed by atoms with van der Waals surface area (Å²) in [5, 5.41) is 19.0. The Bertz CT molecular complexity index is 1350. The van der Waals surface area contributed by atoms with E-state index in [2.05, 4.69) is 10.2 Å². The number of H-pyrrole nitrogens is 1. The minimum Gasteiger partial charge on any atom is -0.322 e. The Kier molecular flexibility index (Phi) is 5.14. The second-order valence-electron chi connectivity index (χ2n) is 7.68. The molecule has 5 rings (SSSR count). The maximum atomic E-state index is 13.4. The van der Waals surface area contributed by atoms with E-state index in [0.29, 0.717) is 27.5 Å². The number of nitro groups is 1. The van der Waals surface area contributed by atoms with Gasteiger partial charge in [-0.1, -0.05) is 35.9 Å². The van der Waals surface area contributed by atoms with Gasteiger partial charge in [0.1, 0.15) is 11.5 Å². The highest BCUT2D eigenvalue weighted by molar-refractivity contribution is 6.30. The minimum atomic E-state index is -0.539. The van der Waals surface area contributed by atoms with Gasteiger partial charge in [0, 0.05) is 34.8 Å². The van der Waals surface area contributed by atoms with E-state index in [0.717, 1.165) is 11.1 Å². The number of hydrogen-bond donors (Lipinski definition) is 1. The molecule has 164 valence electrons. The standard InChI is InChI=1S/C24H16ClFN4O3/c25-17-7-3-15(4-8-17)21-20-22(28-27-21)24(31)29(13-14-1-9-18(26)10-2-14)23(20)16-5-11-19(12-6-16)30(32)33/h1-12,23H,13H2,(H,27,28). The van der Waals surface area contributed by atoms with Crippen molar-refractivity contribution < 1.29 is 14.1 Å². The van der Waals surface area contributed by atoms with Crippen molar-refractivity contribution in [3.8, 4) is 11.3 Å². The lowest BCUT2D eigenvalue weighted by atomic mass is 9.95. The van der Waals surface area contributed by atoms with Crippen molar-refractivity contribution in [2.75, 3.05) is 0 Å². The molecule has 2 heterocycles. The maximum Gasteiger partial charge on any atom is 0.273 e. The largest absolute Gasteiger partial charge is 0.322 e. The second kappa shape index (κ2) is 8.14. The van der Waals surface area contributed by atoms with E-state index in [1.807, 2.05) is 12.1 Å². The number of rotatable bonds is 5. The van der Waals surface area contributed by atoms with Crippen molar-refractivity contribution in [1.82, 2.24) is 15.1 Å². The fourth-order valence-corrected chi connectivity index (χ4v) is 4.22. The summed E-state index contributed by atoms with van der Waals surface area (Å²) >= 11 is 6.03. The molecule has 0 saturated carbocycles. The molecule has 4 aromatic rings. The number of non-ortho nitro benzene ring substituents is 1.